The molecule has 53 valence electrons. The summed E-state index contributed by atoms with van der Waals surface area (Å²) in [4.78, 5) is 0. The van der Waals surface area contributed by atoms with Crippen molar-refractivity contribution in [1.82, 2.24) is 0 Å². The third-order valence-electron chi connectivity index (χ3n) is 2.06. The van der Waals surface area contributed by atoms with Crippen LogP contribution < -0.4 is 3.27 Å². The van der Waals surface area contributed by atoms with Crippen LogP contribution in [0.2, 0.25) is 0 Å². The van der Waals surface area contributed by atoms with Gasteiger partial charge < -0.3 is 0 Å². The minimum atomic E-state index is 1.16. The Bertz CT molecular complexity index is 324. The second kappa shape index (κ2) is 2.71. The number of hydrogen-bond donors (Lipinski definition) is 0. The molecule has 0 fully saturated rings. The predicted molar refractivity (Wildman–Crippen MR) is 43.4 cm³/mol. The van der Waals surface area contributed by atoms with E-state index in [0.717, 1.165) is 6.42 Å². The molecule has 0 amide bonds. The summed E-state index contributed by atoms with van der Waals surface area (Å²) in [5, 5.41) is 0. The van der Waals surface area contributed by atoms with Gasteiger partial charge in [0, 0.05) is 0 Å². The van der Waals surface area contributed by atoms with Gasteiger partial charge >= 0.3 is 82.3 Å². The van der Waals surface area contributed by atoms with Gasteiger partial charge in [-0.3, -0.25) is 0 Å². The Hall–Kier alpha value is -0.157. The molecule has 0 heterocycles. The Morgan fingerprint density at radius 2 is 2.18 bits per heavy atom. The van der Waals surface area contributed by atoms with E-state index in [0.29, 0.717) is 0 Å². The van der Waals surface area contributed by atoms with Crippen LogP contribution in [-0.4, -0.2) is 0 Å². The maximum absolute atomic E-state index is 2.32. The van der Waals surface area contributed by atoms with Crippen molar-refractivity contribution in [3.05, 3.63) is 34.9 Å². The standard InChI is InChI=1S/C10H9.Zr/c1-8-6-9-4-2-3-5-10(9)7-8;/h2-4,7H,6H2,1H3;. The average molecular weight is 220 g/mol. The first-order chi connectivity index (χ1) is 5.27. The van der Waals surface area contributed by atoms with Crippen molar-refractivity contribution in [3.8, 4) is 0 Å². The van der Waals surface area contributed by atoms with E-state index in [4.69, 9.17) is 0 Å². The van der Waals surface area contributed by atoms with Crippen LogP contribution in [0.15, 0.2) is 23.8 Å². The van der Waals surface area contributed by atoms with Crippen molar-refractivity contribution < 1.29 is 24.7 Å². The van der Waals surface area contributed by atoms with Crippen molar-refractivity contribution in [1.29, 1.82) is 0 Å². The number of benzene rings is 1. The molecule has 1 aliphatic carbocycles. The second-order valence-electron chi connectivity index (χ2n) is 3.05. The number of hydrogen-bond acceptors (Lipinski definition) is 0. The molecule has 1 heteroatoms. The number of fused-ring (bicyclic) bond motifs is 1. The van der Waals surface area contributed by atoms with E-state index in [1.165, 1.54) is 44.7 Å². The van der Waals surface area contributed by atoms with Crippen LogP contribution in [0.3, 0.4) is 0 Å². The third-order valence-corrected chi connectivity index (χ3v) is 3.13. The summed E-state index contributed by atoms with van der Waals surface area (Å²) in [6.45, 7) is 2.20. The summed E-state index contributed by atoms with van der Waals surface area (Å²) < 4.78 is 1.49. The molecule has 0 nitrogen and oxygen atoms in total. The Kier molecular flexibility index (Phi) is 1.85. The van der Waals surface area contributed by atoms with Gasteiger partial charge in [-0.15, -0.1) is 0 Å². The van der Waals surface area contributed by atoms with Crippen molar-refractivity contribution in [2.45, 2.75) is 13.3 Å². The Morgan fingerprint density at radius 1 is 1.36 bits per heavy atom. The summed E-state index contributed by atoms with van der Waals surface area (Å²) in [5.41, 5.74) is 4.50. The molecule has 0 saturated heterocycles. The Labute approximate surface area is 82.2 Å². The van der Waals surface area contributed by atoms with Gasteiger partial charge in [0.15, 0.2) is 0 Å². The van der Waals surface area contributed by atoms with E-state index >= 15 is 0 Å². The average Bonchev–Trinajstić information content (AvgIpc) is 2.31. The van der Waals surface area contributed by atoms with Crippen LogP contribution in [0, 0.1) is 0 Å². The van der Waals surface area contributed by atoms with E-state index in [9.17, 15) is 0 Å². The molecule has 0 radical (unpaired) electrons. The monoisotopic (exact) mass is 219 g/mol. The SMILES string of the molecule is CC1=Cc2[c]([Zr])cccc2C1. The summed E-state index contributed by atoms with van der Waals surface area (Å²) >= 11 is 1.52. The van der Waals surface area contributed by atoms with Gasteiger partial charge in [-0.05, 0) is 0 Å². The van der Waals surface area contributed by atoms with Crippen LogP contribution in [0.4, 0.5) is 0 Å². The molecule has 11 heavy (non-hydrogen) atoms. The molecule has 0 aromatic heterocycles. The molecule has 2 rings (SSSR count). The molecule has 1 aromatic carbocycles. The first-order valence-corrected chi connectivity index (χ1v) is 5.01. The van der Waals surface area contributed by atoms with Crippen molar-refractivity contribution in [2.24, 2.45) is 0 Å². The molecule has 0 saturated carbocycles. The van der Waals surface area contributed by atoms with Gasteiger partial charge in [-0.25, -0.2) is 0 Å². The van der Waals surface area contributed by atoms with Crippen molar-refractivity contribution in [2.75, 3.05) is 0 Å². The Balaban J connectivity index is 2.61. The van der Waals surface area contributed by atoms with Crippen molar-refractivity contribution >= 4 is 9.35 Å². The third kappa shape index (κ3) is 1.27. The fourth-order valence-electron chi connectivity index (χ4n) is 1.54. The van der Waals surface area contributed by atoms with Gasteiger partial charge in [-0.1, -0.05) is 0 Å². The van der Waals surface area contributed by atoms with Crippen molar-refractivity contribution in [3.63, 3.8) is 0 Å². The summed E-state index contributed by atoms with van der Waals surface area (Å²) in [7, 11) is 0. The number of rotatable bonds is 0. The van der Waals surface area contributed by atoms with Gasteiger partial charge in [-0.2, -0.15) is 0 Å². The van der Waals surface area contributed by atoms with Crippen LogP contribution in [0.5, 0.6) is 0 Å². The van der Waals surface area contributed by atoms with Gasteiger partial charge in [0.25, 0.3) is 0 Å². The Morgan fingerprint density at radius 3 is 2.91 bits per heavy atom. The predicted octanol–water partition coefficient (Wildman–Crippen LogP) is 1.82. The first-order valence-electron chi connectivity index (χ1n) is 3.78. The molecule has 0 unspecified atom stereocenters. The molecule has 0 atom stereocenters. The normalized spacial score (nSPS) is 14.4. The van der Waals surface area contributed by atoms with E-state index < -0.39 is 0 Å². The van der Waals surface area contributed by atoms with E-state index in [1.807, 2.05) is 0 Å². The van der Waals surface area contributed by atoms with Gasteiger partial charge in [0.05, 0.1) is 0 Å². The van der Waals surface area contributed by atoms with Gasteiger partial charge in [0.1, 0.15) is 0 Å². The zero-order chi connectivity index (χ0) is 7.84. The first kappa shape index (κ1) is 7.49. The molecule has 0 bridgehead atoms. The topological polar surface area (TPSA) is 0 Å². The number of allylic oxidation sites excluding steroid dienone is 1. The quantitative estimate of drug-likeness (QED) is 0.626. The molecule has 0 aliphatic heterocycles. The molecule has 0 N–H and O–H groups in total. The zero-order valence-corrected chi connectivity index (χ0v) is 8.97. The van der Waals surface area contributed by atoms with Crippen LogP contribution in [-0.2, 0) is 31.1 Å². The van der Waals surface area contributed by atoms with Crippen LogP contribution in [0.25, 0.3) is 6.08 Å². The van der Waals surface area contributed by atoms with Crippen LogP contribution >= 0.6 is 0 Å². The van der Waals surface area contributed by atoms with E-state index in [1.54, 1.807) is 0 Å². The maximum atomic E-state index is 2.32. The van der Waals surface area contributed by atoms with Crippen LogP contribution in [0.1, 0.15) is 18.1 Å². The van der Waals surface area contributed by atoms with E-state index in [-0.39, 0.29) is 0 Å². The molecular formula is C10H9Zr. The molecule has 1 aliphatic rings. The molecular weight excluding hydrogens is 211 g/mol. The molecule has 0 spiro atoms. The van der Waals surface area contributed by atoms with E-state index in [2.05, 4.69) is 31.2 Å². The summed E-state index contributed by atoms with van der Waals surface area (Å²) in [5.74, 6) is 0. The summed E-state index contributed by atoms with van der Waals surface area (Å²) in [6, 6.07) is 6.61. The van der Waals surface area contributed by atoms with Gasteiger partial charge in [0.2, 0.25) is 0 Å². The molecule has 1 aromatic rings. The fraction of sp³-hybridized carbons (Fsp3) is 0.200. The minimum absolute atomic E-state index is 1.16. The zero-order valence-electron chi connectivity index (χ0n) is 6.52. The fourth-order valence-corrected chi connectivity index (χ4v) is 2.34. The summed E-state index contributed by atoms with van der Waals surface area (Å²) in [6.07, 6.45) is 3.48. The second-order valence-corrected chi connectivity index (χ2v) is 4.37.